The molecule has 1 amide bonds. The van der Waals surface area contributed by atoms with Crippen molar-refractivity contribution >= 4 is 11.9 Å². The zero-order valence-electron chi connectivity index (χ0n) is 12.2. The molecule has 0 spiro atoms. The lowest BCUT2D eigenvalue weighted by Gasteiger charge is -2.36. The molecule has 6 nitrogen and oxygen atoms in total. The van der Waals surface area contributed by atoms with Crippen LogP contribution in [0.5, 0.6) is 0 Å². The van der Waals surface area contributed by atoms with E-state index in [0.717, 1.165) is 25.5 Å². The molecule has 0 radical (unpaired) electrons. The van der Waals surface area contributed by atoms with E-state index in [1.807, 2.05) is 11.8 Å². The highest BCUT2D eigenvalue weighted by Crippen LogP contribution is 2.13. The number of amides is 1. The molecule has 20 heavy (non-hydrogen) atoms. The summed E-state index contributed by atoms with van der Waals surface area (Å²) >= 11 is 0. The van der Waals surface area contributed by atoms with Crippen LogP contribution in [0.15, 0.2) is 18.5 Å². The first-order valence-electron chi connectivity index (χ1n) is 7.19. The molecule has 1 saturated heterocycles. The van der Waals surface area contributed by atoms with Gasteiger partial charge in [-0.25, -0.2) is 9.97 Å². The minimum Gasteiger partial charge on any atom is -0.338 e. The van der Waals surface area contributed by atoms with Gasteiger partial charge in [0.15, 0.2) is 0 Å². The van der Waals surface area contributed by atoms with E-state index in [-0.39, 0.29) is 17.9 Å². The second-order valence-electron chi connectivity index (χ2n) is 5.27. The highest BCUT2D eigenvalue weighted by molar-refractivity contribution is 5.82. The molecule has 0 aromatic carbocycles. The molecule has 1 aromatic heterocycles. The summed E-state index contributed by atoms with van der Waals surface area (Å²) in [6, 6.07) is 1.41. The first-order valence-corrected chi connectivity index (χ1v) is 7.19. The van der Waals surface area contributed by atoms with E-state index >= 15 is 0 Å². The summed E-state index contributed by atoms with van der Waals surface area (Å²) in [7, 11) is 0. The zero-order chi connectivity index (χ0) is 14.5. The van der Waals surface area contributed by atoms with E-state index < -0.39 is 0 Å². The molecule has 1 fully saturated rings. The topological polar surface area (TPSA) is 75.4 Å². The third-order valence-corrected chi connectivity index (χ3v) is 3.97. The number of carbonyl (C=O) groups excluding carboxylic acids is 1. The van der Waals surface area contributed by atoms with Crippen LogP contribution in [0.2, 0.25) is 0 Å². The number of rotatable bonds is 4. The highest BCUT2D eigenvalue weighted by Gasteiger charge is 2.28. The Morgan fingerprint density at radius 3 is 2.45 bits per heavy atom. The molecule has 2 heterocycles. The van der Waals surface area contributed by atoms with Crippen LogP contribution in [0.4, 0.5) is 5.95 Å². The second-order valence-corrected chi connectivity index (χ2v) is 5.27. The minimum absolute atomic E-state index is 0.0629. The Hall–Kier alpha value is -1.69. The van der Waals surface area contributed by atoms with Gasteiger partial charge in [0.05, 0.1) is 6.04 Å². The van der Waals surface area contributed by atoms with Crippen LogP contribution in [-0.2, 0) is 4.79 Å². The number of piperazine rings is 1. The average molecular weight is 277 g/mol. The van der Waals surface area contributed by atoms with Crippen molar-refractivity contribution in [3.05, 3.63) is 18.5 Å². The number of anilines is 1. The normalized spacial score (nSPS) is 18.8. The molecule has 1 unspecified atom stereocenters. The van der Waals surface area contributed by atoms with E-state index in [1.54, 1.807) is 18.5 Å². The number of nitrogens with zero attached hydrogens (tertiary/aromatic N) is 4. The number of aromatic nitrogens is 2. The van der Waals surface area contributed by atoms with Crippen molar-refractivity contribution < 1.29 is 4.79 Å². The van der Waals surface area contributed by atoms with E-state index in [4.69, 9.17) is 5.73 Å². The van der Waals surface area contributed by atoms with Crippen LogP contribution < -0.4 is 10.6 Å². The summed E-state index contributed by atoms with van der Waals surface area (Å²) in [4.78, 5) is 24.7. The molecule has 6 heteroatoms. The third kappa shape index (κ3) is 3.25. The SMILES string of the molecule is CCC(C)[C@H](N)C(=O)N1CCN(c2ncccn2)CC1. The molecule has 2 rings (SSSR count). The number of nitrogens with two attached hydrogens (primary N) is 1. The van der Waals surface area contributed by atoms with Gasteiger partial charge in [-0.2, -0.15) is 0 Å². The molecule has 0 aliphatic carbocycles. The van der Waals surface area contributed by atoms with Crippen molar-refractivity contribution in [2.75, 3.05) is 31.1 Å². The monoisotopic (exact) mass is 277 g/mol. The average Bonchev–Trinajstić information content (AvgIpc) is 2.53. The molecule has 2 atom stereocenters. The van der Waals surface area contributed by atoms with Gasteiger partial charge in [-0.3, -0.25) is 4.79 Å². The maximum absolute atomic E-state index is 12.3. The van der Waals surface area contributed by atoms with Gasteiger partial charge >= 0.3 is 0 Å². The number of hydrogen-bond donors (Lipinski definition) is 1. The second kappa shape index (κ2) is 6.65. The van der Waals surface area contributed by atoms with Crippen molar-refractivity contribution in [3.8, 4) is 0 Å². The molecule has 1 aliphatic rings. The van der Waals surface area contributed by atoms with Gasteiger partial charge in [0, 0.05) is 38.6 Å². The first-order chi connectivity index (χ1) is 9.63. The van der Waals surface area contributed by atoms with Gasteiger partial charge in [-0.1, -0.05) is 20.3 Å². The number of hydrogen-bond acceptors (Lipinski definition) is 5. The molecule has 1 aliphatic heterocycles. The standard InChI is InChI=1S/C14H23N5O/c1-3-11(2)12(15)13(20)18-7-9-19(10-8-18)14-16-5-4-6-17-14/h4-6,11-12H,3,7-10,15H2,1-2H3/t11?,12-/m0/s1. The molecular formula is C14H23N5O. The Bertz CT molecular complexity index is 430. The predicted octanol–water partition coefficient (Wildman–Crippen LogP) is 0.499. The lowest BCUT2D eigenvalue weighted by atomic mass is 9.98. The van der Waals surface area contributed by atoms with Gasteiger partial charge in [0.2, 0.25) is 11.9 Å². The molecule has 0 bridgehead atoms. The Morgan fingerprint density at radius 2 is 1.90 bits per heavy atom. The summed E-state index contributed by atoms with van der Waals surface area (Å²) in [6.07, 6.45) is 4.39. The van der Waals surface area contributed by atoms with Gasteiger partial charge in [0.1, 0.15) is 0 Å². The van der Waals surface area contributed by atoms with Gasteiger partial charge in [0.25, 0.3) is 0 Å². The van der Waals surface area contributed by atoms with Gasteiger partial charge < -0.3 is 15.5 Å². The number of carbonyl (C=O) groups is 1. The van der Waals surface area contributed by atoms with Crippen molar-refractivity contribution in [1.82, 2.24) is 14.9 Å². The van der Waals surface area contributed by atoms with E-state index in [0.29, 0.717) is 13.1 Å². The quantitative estimate of drug-likeness (QED) is 0.867. The van der Waals surface area contributed by atoms with Crippen LogP contribution >= 0.6 is 0 Å². The maximum Gasteiger partial charge on any atom is 0.239 e. The largest absolute Gasteiger partial charge is 0.338 e. The summed E-state index contributed by atoms with van der Waals surface area (Å²) in [6.45, 7) is 6.95. The highest BCUT2D eigenvalue weighted by atomic mass is 16.2. The summed E-state index contributed by atoms with van der Waals surface area (Å²) < 4.78 is 0. The summed E-state index contributed by atoms with van der Waals surface area (Å²) in [5.74, 6) is 1.01. The molecular weight excluding hydrogens is 254 g/mol. The molecule has 2 N–H and O–H groups in total. The predicted molar refractivity (Wildman–Crippen MR) is 78.3 cm³/mol. The van der Waals surface area contributed by atoms with Gasteiger partial charge in [-0.15, -0.1) is 0 Å². The Balaban J connectivity index is 1.90. The molecule has 110 valence electrons. The summed E-state index contributed by atoms with van der Waals surface area (Å²) in [5, 5.41) is 0. The van der Waals surface area contributed by atoms with Crippen LogP contribution in [0, 0.1) is 5.92 Å². The zero-order valence-corrected chi connectivity index (χ0v) is 12.2. The van der Waals surface area contributed by atoms with Crippen LogP contribution in [0.25, 0.3) is 0 Å². The van der Waals surface area contributed by atoms with Crippen LogP contribution in [0.1, 0.15) is 20.3 Å². The smallest absolute Gasteiger partial charge is 0.239 e. The fourth-order valence-electron chi connectivity index (χ4n) is 2.29. The van der Waals surface area contributed by atoms with Gasteiger partial charge in [-0.05, 0) is 12.0 Å². The lowest BCUT2D eigenvalue weighted by Crippen LogP contribution is -2.54. The fourth-order valence-corrected chi connectivity index (χ4v) is 2.29. The van der Waals surface area contributed by atoms with E-state index in [2.05, 4.69) is 21.8 Å². The minimum atomic E-state index is -0.389. The van der Waals surface area contributed by atoms with Crippen molar-refractivity contribution in [2.45, 2.75) is 26.3 Å². The van der Waals surface area contributed by atoms with Crippen molar-refractivity contribution in [2.24, 2.45) is 11.7 Å². The van der Waals surface area contributed by atoms with E-state index in [1.165, 1.54) is 0 Å². The third-order valence-electron chi connectivity index (χ3n) is 3.97. The van der Waals surface area contributed by atoms with Crippen LogP contribution in [-0.4, -0.2) is 53.0 Å². The molecule has 1 aromatic rings. The fraction of sp³-hybridized carbons (Fsp3) is 0.643. The van der Waals surface area contributed by atoms with E-state index in [9.17, 15) is 4.79 Å². The Labute approximate surface area is 120 Å². The maximum atomic E-state index is 12.3. The Kier molecular flexibility index (Phi) is 4.89. The lowest BCUT2D eigenvalue weighted by molar-refractivity contribution is -0.134. The summed E-state index contributed by atoms with van der Waals surface area (Å²) in [5.41, 5.74) is 6.02. The molecule has 0 saturated carbocycles. The van der Waals surface area contributed by atoms with Crippen LogP contribution in [0.3, 0.4) is 0 Å². The van der Waals surface area contributed by atoms with Crippen molar-refractivity contribution in [1.29, 1.82) is 0 Å². The van der Waals surface area contributed by atoms with Crippen molar-refractivity contribution in [3.63, 3.8) is 0 Å². The Morgan fingerprint density at radius 1 is 1.30 bits per heavy atom. The first kappa shape index (κ1) is 14.7.